The van der Waals surface area contributed by atoms with Crippen molar-refractivity contribution in [3.8, 4) is 5.75 Å². The highest BCUT2D eigenvalue weighted by Gasteiger charge is 2.11. The van der Waals surface area contributed by atoms with Gasteiger partial charge in [0.15, 0.2) is 0 Å². The first-order valence-corrected chi connectivity index (χ1v) is 10.3. The number of hydrazine groups is 1. The Labute approximate surface area is 185 Å². The first-order chi connectivity index (χ1) is 15.5. The lowest BCUT2D eigenvalue weighted by molar-refractivity contribution is -0.384. The van der Waals surface area contributed by atoms with E-state index in [0.717, 1.165) is 18.2 Å². The Balaban J connectivity index is 1.84. The molecule has 0 amide bonds. The number of anilines is 2. The van der Waals surface area contributed by atoms with E-state index in [1.807, 2.05) is 0 Å². The zero-order chi connectivity index (χ0) is 24.2. The van der Waals surface area contributed by atoms with Gasteiger partial charge in [0.05, 0.1) is 38.1 Å². The molecule has 0 atom stereocenters. The van der Waals surface area contributed by atoms with Crippen LogP contribution in [-0.4, -0.2) is 29.0 Å². The summed E-state index contributed by atoms with van der Waals surface area (Å²) in [6.45, 7) is 0. The molecule has 0 spiro atoms. The van der Waals surface area contributed by atoms with Crippen LogP contribution in [0.2, 0.25) is 0 Å². The molecular formula is C19H14N5O8S-. The topological polar surface area (TPSA) is 207 Å². The van der Waals surface area contributed by atoms with Crippen LogP contribution in [0.1, 0.15) is 10.4 Å². The number of nitro groups is 1. The molecule has 3 rings (SSSR count). The van der Waals surface area contributed by atoms with Crippen LogP contribution in [0.25, 0.3) is 0 Å². The Bertz CT molecular complexity index is 1340. The molecule has 0 bridgehead atoms. The maximum Gasteiger partial charge on any atom is 0.335 e. The number of aromatic carboxylic acids is 1. The number of nitrogens with zero attached hydrogens (tertiary/aromatic N) is 3. The van der Waals surface area contributed by atoms with E-state index in [9.17, 15) is 33.5 Å². The molecule has 0 saturated heterocycles. The van der Waals surface area contributed by atoms with Gasteiger partial charge in [-0.25, -0.2) is 4.79 Å². The third kappa shape index (κ3) is 5.78. The summed E-state index contributed by atoms with van der Waals surface area (Å²) in [7, 11) is -4.35. The molecule has 0 fully saturated rings. The predicted octanol–water partition coefficient (Wildman–Crippen LogP) is 3.47. The lowest BCUT2D eigenvalue weighted by Gasteiger charge is -2.17. The van der Waals surface area contributed by atoms with Gasteiger partial charge in [-0.3, -0.25) is 14.7 Å². The Kier molecular flexibility index (Phi) is 6.51. The minimum Gasteiger partial charge on any atom is -0.870 e. The van der Waals surface area contributed by atoms with E-state index in [1.54, 1.807) is 0 Å². The van der Waals surface area contributed by atoms with Crippen LogP contribution in [0.4, 0.5) is 28.4 Å². The molecule has 0 aromatic heterocycles. The molecule has 0 radical (unpaired) electrons. The van der Waals surface area contributed by atoms with Crippen molar-refractivity contribution in [2.24, 2.45) is 10.2 Å². The van der Waals surface area contributed by atoms with Crippen LogP contribution >= 0.6 is 0 Å². The quantitative estimate of drug-likeness (QED) is 0.162. The maximum absolute atomic E-state index is 12.4. The van der Waals surface area contributed by atoms with E-state index in [4.69, 9.17) is 4.55 Å². The van der Waals surface area contributed by atoms with Crippen LogP contribution in [0.5, 0.6) is 5.75 Å². The summed E-state index contributed by atoms with van der Waals surface area (Å²) in [6.07, 6.45) is 0. The van der Waals surface area contributed by atoms with Gasteiger partial charge in [0.2, 0.25) is 0 Å². The van der Waals surface area contributed by atoms with E-state index >= 15 is 0 Å². The van der Waals surface area contributed by atoms with Gasteiger partial charge >= 0.3 is 5.97 Å². The van der Waals surface area contributed by atoms with Crippen molar-refractivity contribution >= 4 is 44.5 Å². The molecule has 3 aromatic rings. The monoisotopic (exact) mass is 472 g/mol. The first kappa shape index (κ1) is 23.1. The molecule has 170 valence electrons. The van der Waals surface area contributed by atoms with Crippen LogP contribution < -0.4 is 16.0 Å². The third-order valence-electron chi connectivity index (χ3n) is 4.14. The van der Waals surface area contributed by atoms with Gasteiger partial charge in [-0.1, -0.05) is 5.75 Å². The van der Waals surface area contributed by atoms with Gasteiger partial charge in [0.25, 0.3) is 15.8 Å². The van der Waals surface area contributed by atoms with E-state index in [2.05, 4.69) is 21.1 Å². The number of azo groups is 1. The molecule has 0 aliphatic carbocycles. The SMILES string of the molecule is O=C(O)c1cc(NNc2ccc(S(=O)(=O)O)cc2)cc(N=Nc2ccc([N+](=O)[O-])cc2)c1[O-]. The van der Waals surface area contributed by atoms with Crippen molar-refractivity contribution in [1.29, 1.82) is 0 Å². The summed E-state index contributed by atoms with van der Waals surface area (Å²) in [6, 6.07) is 12.3. The number of hydrogen-bond acceptors (Lipinski definition) is 10. The number of nitro benzene ring substituents is 1. The average molecular weight is 472 g/mol. The average Bonchev–Trinajstić information content (AvgIpc) is 2.77. The molecule has 0 aliphatic heterocycles. The lowest BCUT2D eigenvalue weighted by atomic mass is 10.1. The van der Waals surface area contributed by atoms with Crippen LogP contribution in [0.15, 0.2) is 75.8 Å². The van der Waals surface area contributed by atoms with Crippen molar-refractivity contribution in [3.63, 3.8) is 0 Å². The summed E-state index contributed by atoms with van der Waals surface area (Å²) < 4.78 is 31.2. The second-order valence-corrected chi connectivity index (χ2v) is 7.82. The molecular weight excluding hydrogens is 458 g/mol. The highest BCUT2D eigenvalue weighted by Crippen LogP contribution is 2.33. The normalized spacial score (nSPS) is 11.3. The van der Waals surface area contributed by atoms with Crippen molar-refractivity contribution in [1.82, 2.24) is 0 Å². The second kappa shape index (κ2) is 9.29. The molecule has 13 nitrogen and oxygen atoms in total. The zero-order valence-electron chi connectivity index (χ0n) is 16.4. The first-order valence-electron chi connectivity index (χ1n) is 8.89. The Hall–Kier alpha value is -4.56. The van der Waals surface area contributed by atoms with E-state index in [0.29, 0.717) is 5.69 Å². The number of rotatable bonds is 8. The standard InChI is InChI=1S/C19H15N5O8S/c25-18-16(19(26)27)9-13(22-20-12-3-7-15(8-4-12)33(30,31)32)10-17(18)23-21-11-1-5-14(6-2-11)24(28)29/h1-10,20,22,25H,(H,26,27)(H,30,31,32)/p-1. The minimum atomic E-state index is -4.35. The number of hydrogen-bond donors (Lipinski definition) is 4. The Morgan fingerprint density at radius 3 is 2.09 bits per heavy atom. The van der Waals surface area contributed by atoms with Crippen molar-refractivity contribution in [2.45, 2.75) is 4.90 Å². The van der Waals surface area contributed by atoms with Crippen LogP contribution in [0.3, 0.4) is 0 Å². The molecule has 0 saturated carbocycles. The number of carboxylic acids is 1. The number of non-ortho nitro benzene ring substituents is 1. The molecule has 14 heteroatoms. The van der Waals surface area contributed by atoms with Crippen molar-refractivity contribution in [2.75, 3.05) is 10.9 Å². The highest BCUT2D eigenvalue weighted by atomic mass is 32.2. The number of nitrogens with one attached hydrogen (secondary N) is 2. The molecule has 0 unspecified atom stereocenters. The summed E-state index contributed by atoms with van der Waals surface area (Å²) in [5.74, 6) is -2.39. The smallest absolute Gasteiger partial charge is 0.335 e. The molecule has 3 aromatic carbocycles. The Morgan fingerprint density at radius 1 is 0.939 bits per heavy atom. The summed E-state index contributed by atoms with van der Waals surface area (Å²) in [5.41, 5.74) is 4.99. The largest absolute Gasteiger partial charge is 0.870 e. The predicted molar refractivity (Wildman–Crippen MR) is 114 cm³/mol. The molecule has 33 heavy (non-hydrogen) atoms. The number of carboxylic acid groups (broad SMARTS) is 1. The zero-order valence-corrected chi connectivity index (χ0v) is 17.2. The second-order valence-electron chi connectivity index (χ2n) is 6.40. The van der Waals surface area contributed by atoms with Gasteiger partial charge < -0.3 is 21.1 Å². The van der Waals surface area contributed by atoms with Crippen molar-refractivity contribution in [3.05, 3.63) is 76.3 Å². The van der Waals surface area contributed by atoms with Gasteiger partial charge in [0, 0.05) is 12.1 Å². The van der Waals surface area contributed by atoms with Crippen LogP contribution in [0, 0.1) is 10.1 Å². The van der Waals surface area contributed by atoms with E-state index in [-0.39, 0.29) is 27.6 Å². The van der Waals surface area contributed by atoms with Crippen LogP contribution in [-0.2, 0) is 10.1 Å². The maximum atomic E-state index is 12.4. The van der Waals surface area contributed by atoms with E-state index in [1.165, 1.54) is 42.5 Å². The van der Waals surface area contributed by atoms with Gasteiger partial charge in [-0.2, -0.15) is 18.6 Å². The Morgan fingerprint density at radius 2 is 1.55 bits per heavy atom. The fraction of sp³-hybridized carbons (Fsp3) is 0. The fourth-order valence-corrected chi connectivity index (χ4v) is 3.01. The van der Waals surface area contributed by atoms with E-state index < -0.39 is 32.3 Å². The van der Waals surface area contributed by atoms with Crippen molar-refractivity contribution < 1.29 is 32.9 Å². The van der Waals surface area contributed by atoms with Gasteiger partial charge in [-0.05, 0) is 48.5 Å². The molecule has 0 heterocycles. The highest BCUT2D eigenvalue weighted by molar-refractivity contribution is 7.85. The third-order valence-corrected chi connectivity index (χ3v) is 5.00. The number of benzene rings is 3. The van der Waals surface area contributed by atoms with Gasteiger partial charge in [0.1, 0.15) is 0 Å². The van der Waals surface area contributed by atoms with Gasteiger partial charge in [-0.15, -0.1) is 0 Å². The summed E-state index contributed by atoms with van der Waals surface area (Å²) in [4.78, 5) is 21.2. The molecule has 4 N–H and O–H groups in total. The summed E-state index contributed by atoms with van der Waals surface area (Å²) in [5, 5.41) is 40.0. The minimum absolute atomic E-state index is 0.128. The molecule has 0 aliphatic rings. The fourth-order valence-electron chi connectivity index (χ4n) is 2.53. The summed E-state index contributed by atoms with van der Waals surface area (Å²) >= 11 is 0. The lowest BCUT2D eigenvalue weighted by Crippen LogP contribution is -2.11. The number of carbonyl (C=O) groups is 1.